The van der Waals surface area contributed by atoms with Gasteiger partial charge in [-0.1, -0.05) is 18.2 Å². The Morgan fingerprint density at radius 2 is 1.46 bits per heavy atom. The minimum absolute atomic E-state index is 0.0110. The van der Waals surface area contributed by atoms with Gasteiger partial charge in [-0.3, -0.25) is 14.6 Å². The first kappa shape index (κ1) is 25.7. The third-order valence-electron chi connectivity index (χ3n) is 5.07. The van der Waals surface area contributed by atoms with Gasteiger partial charge in [0, 0.05) is 48.7 Å². The van der Waals surface area contributed by atoms with E-state index in [0.717, 1.165) is 11.4 Å². The fourth-order valence-electron chi connectivity index (χ4n) is 3.52. The quantitative estimate of drug-likeness (QED) is 0.285. The van der Waals surface area contributed by atoms with Crippen LogP contribution < -0.4 is 21.3 Å². The Kier molecular flexibility index (Phi) is 9.16. The maximum Gasteiger partial charge on any atom is 0.245 e. The first-order valence-corrected chi connectivity index (χ1v) is 11.8. The van der Waals surface area contributed by atoms with Crippen LogP contribution in [0, 0.1) is 0 Å². The zero-order chi connectivity index (χ0) is 25.2. The molecule has 0 aliphatic heterocycles. The van der Waals surface area contributed by atoms with Gasteiger partial charge in [-0.15, -0.1) is 0 Å². The Labute approximate surface area is 205 Å². The normalized spacial score (nSPS) is 13.5. The van der Waals surface area contributed by atoms with Gasteiger partial charge < -0.3 is 25.9 Å². The number of carbonyl (C=O) groups is 2. The molecule has 2 heterocycles. The van der Waals surface area contributed by atoms with Crippen LogP contribution in [-0.4, -0.2) is 55.9 Å². The van der Waals surface area contributed by atoms with E-state index in [0.29, 0.717) is 23.9 Å². The van der Waals surface area contributed by atoms with E-state index in [9.17, 15) is 9.59 Å². The maximum absolute atomic E-state index is 13.0. The van der Waals surface area contributed by atoms with E-state index in [1.165, 1.54) is 0 Å². The molecule has 0 fully saturated rings. The smallest absolute Gasteiger partial charge is 0.245 e. The average Bonchev–Trinajstić information content (AvgIpc) is 3.45. The molecule has 0 bridgehead atoms. The lowest BCUT2D eigenvalue weighted by Crippen LogP contribution is -2.44. The summed E-state index contributed by atoms with van der Waals surface area (Å²) >= 11 is 0. The number of imidazole rings is 2. The second-order valence-corrected chi connectivity index (χ2v) is 8.94. The van der Waals surface area contributed by atoms with Crippen LogP contribution in [0.1, 0.15) is 39.1 Å². The molecule has 5 N–H and O–H groups in total. The Morgan fingerprint density at radius 1 is 0.857 bits per heavy atom. The van der Waals surface area contributed by atoms with Crippen LogP contribution in [0.2, 0.25) is 0 Å². The lowest BCUT2D eigenvalue weighted by molar-refractivity contribution is -0.123. The fourth-order valence-corrected chi connectivity index (χ4v) is 3.52. The van der Waals surface area contributed by atoms with Gasteiger partial charge >= 0.3 is 0 Å². The number of anilines is 1. The number of H-pyrrole nitrogens is 2. The fraction of sp³-hybridized carbons (Fsp3) is 0.400. The molecular formula is C25H34N8O2. The SMILES string of the molecule is CC(C)NC(=O)[C@H](Cc1cnc[nH]1)N=c1cccccc1N[C@@H](Cc1cnc[nH]1)C(=O)NC(C)C. The molecule has 0 saturated heterocycles. The van der Waals surface area contributed by atoms with E-state index < -0.39 is 12.1 Å². The van der Waals surface area contributed by atoms with Crippen molar-refractivity contribution in [3.63, 3.8) is 0 Å². The van der Waals surface area contributed by atoms with Crippen LogP contribution in [0.4, 0.5) is 5.69 Å². The number of hydrogen-bond donors (Lipinski definition) is 5. The first-order valence-electron chi connectivity index (χ1n) is 11.8. The number of amides is 2. The van der Waals surface area contributed by atoms with Crippen molar-refractivity contribution in [3.05, 3.63) is 72.1 Å². The second kappa shape index (κ2) is 12.5. The lowest BCUT2D eigenvalue weighted by Gasteiger charge is -2.21. The van der Waals surface area contributed by atoms with Gasteiger partial charge in [-0.25, -0.2) is 9.97 Å². The van der Waals surface area contributed by atoms with Crippen LogP contribution in [0.5, 0.6) is 0 Å². The Morgan fingerprint density at radius 3 is 2.06 bits per heavy atom. The largest absolute Gasteiger partial charge is 0.372 e. The monoisotopic (exact) mass is 478 g/mol. The molecule has 2 amide bonds. The molecule has 2 atom stereocenters. The van der Waals surface area contributed by atoms with Gasteiger partial charge in [0.25, 0.3) is 0 Å². The summed E-state index contributed by atoms with van der Waals surface area (Å²) in [6, 6.07) is 7.99. The average molecular weight is 479 g/mol. The Bertz CT molecular complexity index is 1140. The summed E-state index contributed by atoms with van der Waals surface area (Å²) in [5.74, 6) is -0.322. The molecule has 186 valence electrons. The molecule has 2 aromatic heterocycles. The minimum atomic E-state index is -0.684. The van der Waals surface area contributed by atoms with Crippen LogP contribution >= 0.6 is 0 Å². The van der Waals surface area contributed by atoms with E-state index >= 15 is 0 Å². The van der Waals surface area contributed by atoms with Crippen molar-refractivity contribution in [2.75, 3.05) is 5.32 Å². The van der Waals surface area contributed by atoms with Gasteiger partial charge in [0.05, 0.1) is 23.7 Å². The maximum atomic E-state index is 13.0. The zero-order valence-electron chi connectivity index (χ0n) is 20.6. The summed E-state index contributed by atoms with van der Waals surface area (Å²) < 4.78 is 0. The molecule has 0 saturated carbocycles. The summed E-state index contributed by atoms with van der Waals surface area (Å²) in [5, 5.41) is 9.85. The standard InChI is InChI=1S/C25H34N8O2/c1-16(2)30-24(34)22(10-18-12-26-14-28-18)32-20-8-6-5-7-9-21(20)33-23(25(35)31-17(3)4)11-19-13-27-15-29-19/h5-9,12-17,22-23H,10-11H2,1-4H3,(H,26,28)(H,27,29)(H,30,34)(H,31,35)(H,32,33)/t22-,23-/m0/s1. The molecule has 35 heavy (non-hydrogen) atoms. The molecule has 0 aliphatic rings. The molecular weight excluding hydrogens is 444 g/mol. The van der Waals surface area contributed by atoms with Gasteiger partial charge in [-0.2, -0.15) is 0 Å². The minimum Gasteiger partial charge on any atom is -0.372 e. The molecule has 0 radical (unpaired) electrons. The van der Waals surface area contributed by atoms with Crippen molar-refractivity contribution >= 4 is 17.5 Å². The van der Waals surface area contributed by atoms with E-state index in [1.54, 1.807) is 25.0 Å². The van der Waals surface area contributed by atoms with Gasteiger partial charge in [-0.05, 0) is 39.8 Å². The van der Waals surface area contributed by atoms with Gasteiger partial charge in [0.15, 0.2) is 0 Å². The predicted molar refractivity (Wildman–Crippen MR) is 134 cm³/mol. The van der Waals surface area contributed by atoms with Crippen LogP contribution in [0.15, 0.2) is 60.4 Å². The van der Waals surface area contributed by atoms with Gasteiger partial charge in [0.1, 0.15) is 12.1 Å². The number of nitrogens with zero attached hydrogens (tertiary/aromatic N) is 3. The highest BCUT2D eigenvalue weighted by atomic mass is 16.2. The van der Waals surface area contributed by atoms with E-state index in [4.69, 9.17) is 4.99 Å². The summed E-state index contributed by atoms with van der Waals surface area (Å²) in [5.41, 5.74) is 2.28. The molecule has 10 nitrogen and oxygen atoms in total. The summed E-state index contributed by atoms with van der Waals surface area (Å²) in [4.78, 5) is 45.1. The van der Waals surface area contributed by atoms with Crippen molar-refractivity contribution in [2.24, 2.45) is 4.99 Å². The molecule has 3 rings (SSSR count). The van der Waals surface area contributed by atoms with Crippen molar-refractivity contribution in [3.8, 4) is 0 Å². The summed E-state index contributed by atoms with van der Waals surface area (Å²) in [6.45, 7) is 7.66. The summed E-state index contributed by atoms with van der Waals surface area (Å²) in [6.07, 6.45) is 7.32. The van der Waals surface area contributed by atoms with Crippen LogP contribution in [0.25, 0.3) is 0 Å². The molecule has 10 heteroatoms. The van der Waals surface area contributed by atoms with Crippen molar-refractivity contribution in [2.45, 2.75) is 64.7 Å². The third-order valence-corrected chi connectivity index (χ3v) is 5.07. The Hall–Kier alpha value is -3.95. The zero-order valence-corrected chi connectivity index (χ0v) is 20.6. The van der Waals surface area contributed by atoms with Crippen molar-refractivity contribution in [1.82, 2.24) is 30.6 Å². The number of aromatic amines is 2. The lowest BCUT2D eigenvalue weighted by atomic mass is 10.1. The predicted octanol–water partition coefficient (Wildman–Crippen LogP) is 1.72. The van der Waals surface area contributed by atoms with E-state index in [-0.39, 0.29) is 23.9 Å². The van der Waals surface area contributed by atoms with Gasteiger partial charge in [0.2, 0.25) is 11.8 Å². The topological polar surface area (TPSA) is 140 Å². The first-order chi connectivity index (χ1) is 16.8. The number of rotatable bonds is 11. The molecule has 0 spiro atoms. The number of hydrogen-bond acceptors (Lipinski definition) is 6. The highest BCUT2D eigenvalue weighted by Crippen LogP contribution is 2.09. The van der Waals surface area contributed by atoms with Crippen molar-refractivity contribution in [1.29, 1.82) is 0 Å². The number of nitrogens with one attached hydrogen (secondary N) is 5. The summed E-state index contributed by atoms with van der Waals surface area (Å²) in [7, 11) is 0. The molecule has 0 aliphatic carbocycles. The highest BCUT2D eigenvalue weighted by molar-refractivity contribution is 5.85. The van der Waals surface area contributed by atoms with Crippen LogP contribution in [0.3, 0.4) is 0 Å². The van der Waals surface area contributed by atoms with E-state index in [1.807, 2.05) is 58.0 Å². The Balaban J connectivity index is 1.98. The number of aromatic nitrogens is 4. The third kappa shape index (κ3) is 8.09. The second-order valence-electron chi connectivity index (χ2n) is 8.94. The molecule has 1 aromatic carbocycles. The molecule has 3 aromatic rings. The van der Waals surface area contributed by atoms with E-state index in [2.05, 4.69) is 35.9 Å². The molecule has 0 unspecified atom stereocenters. The van der Waals surface area contributed by atoms with Crippen LogP contribution in [-0.2, 0) is 22.4 Å². The van der Waals surface area contributed by atoms with Crippen molar-refractivity contribution < 1.29 is 9.59 Å². The highest BCUT2D eigenvalue weighted by Gasteiger charge is 2.22. The number of carbonyl (C=O) groups excluding carboxylic acids is 2.